The largest absolute Gasteiger partial charge is 0.325 e. The molecule has 0 radical (unpaired) electrons. The lowest BCUT2D eigenvalue weighted by atomic mass is 9.99. The van der Waals surface area contributed by atoms with Gasteiger partial charge in [-0.15, -0.1) is 0 Å². The topological polar surface area (TPSA) is 101 Å². The van der Waals surface area contributed by atoms with Crippen molar-refractivity contribution in [2.45, 2.75) is 17.7 Å². The van der Waals surface area contributed by atoms with Gasteiger partial charge in [0.25, 0.3) is 0 Å². The summed E-state index contributed by atoms with van der Waals surface area (Å²) in [7, 11) is -3.84. The molecule has 0 aliphatic carbocycles. The van der Waals surface area contributed by atoms with Gasteiger partial charge < -0.3 is 10.6 Å². The van der Waals surface area contributed by atoms with Gasteiger partial charge in [0.1, 0.15) is 4.90 Å². The molecule has 1 aromatic carbocycles. The van der Waals surface area contributed by atoms with Crippen molar-refractivity contribution >= 4 is 21.6 Å². The highest BCUT2D eigenvalue weighted by molar-refractivity contribution is 7.89. The van der Waals surface area contributed by atoms with Crippen molar-refractivity contribution in [1.29, 1.82) is 0 Å². The van der Waals surface area contributed by atoms with E-state index >= 15 is 0 Å². The summed E-state index contributed by atoms with van der Waals surface area (Å²) in [5, 5.41) is 10.9. The first-order valence-corrected chi connectivity index (χ1v) is 7.66. The summed E-state index contributed by atoms with van der Waals surface area (Å²) in [5.74, 6) is -0.314. The number of anilines is 1. The van der Waals surface area contributed by atoms with Gasteiger partial charge in [-0.3, -0.25) is 4.79 Å². The lowest BCUT2D eigenvalue weighted by molar-refractivity contribution is -0.120. The van der Waals surface area contributed by atoms with Gasteiger partial charge in [0.05, 0.1) is 11.6 Å². The van der Waals surface area contributed by atoms with Crippen LogP contribution >= 0.6 is 0 Å². The van der Waals surface area contributed by atoms with E-state index in [1.165, 1.54) is 12.1 Å². The average Bonchev–Trinajstić information content (AvgIpc) is 2.39. The van der Waals surface area contributed by atoms with Gasteiger partial charge in [0.15, 0.2) is 0 Å². The Hall–Kier alpha value is -1.44. The van der Waals surface area contributed by atoms with Gasteiger partial charge in [-0.2, -0.15) is 0 Å². The van der Waals surface area contributed by atoms with Crippen LogP contribution in [-0.2, 0) is 14.8 Å². The normalized spacial score (nSPS) is 19.9. The zero-order chi connectivity index (χ0) is 13.9. The number of primary sulfonamides is 1. The molecule has 2 rings (SSSR count). The van der Waals surface area contributed by atoms with Crippen LogP contribution < -0.4 is 15.8 Å². The van der Waals surface area contributed by atoms with Gasteiger partial charge in [-0.1, -0.05) is 12.1 Å². The average molecular weight is 283 g/mol. The van der Waals surface area contributed by atoms with Crippen molar-refractivity contribution < 1.29 is 13.2 Å². The minimum atomic E-state index is -3.84. The number of hydrogen-bond acceptors (Lipinski definition) is 4. The Morgan fingerprint density at radius 2 is 2.11 bits per heavy atom. The third kappa shape index (κ3) is 3.52. The van der Waals surface area contributed by atoms with Crippen LogP contribution in [0.5, 0.6) is 0 Å². The Morgan fingerprint density at radius 1 is 1.37 bits per heavy atom. The Bertz CT molecular complexity index is 565. The minimum absolute atomic E-state index is 0.0629. The first kappa shape index (κ1) is 14.0. The zero-order valence-electron chi connectivity index (χ0n) is 10.4. The van der Waals surface area contributed by atoms with Crippen LogP contribution in [0, 0.1) is 5.92 Å². The molecule has 104 valence electrons. The predicted molar refractivity (Wildman–Crippen MR) is 72.0 cm³/mol. The van der Waals surface area contributed by atoms with Crippen LogP contribution in [0.3, 0.4) is 0 Å². The SMILES string of the molecule is NS(=O)(=O)c1ccccc1NC(=O)[C@@H]1CCCNC1. The Kier molecular flexibility index (Phi) is 4.18. The molecule has 0 aromatic heterocycles. The lowest BCUT2D eigenvalue weighted by Gasteiger charge is -2.22. The Morgan fingerprint density at radius 3 is 2.74 bits per heavy atom. The highest BCUT2D eigenvalue weighted by Crippen LogP contribution is 2.21. The van der Waals surface area contributed by atoms with Crippen LogP contribution in [0.15, 0.2) is 29.2 Å². The van der Waals surface area contributed by atoms with E-state index < -0.39 is 10.0 Å². The fourth-order valence-electron chi connectivity index (χ4n) is 2.13. The molecule has 1 fully saturated rings. The first-order valence-electron chi connectivity index (χ1n) is 6.12. The molecule has 6 nitrogen and oxygen atoms in total. The molecule has 1 aliphatic heterocycles. The van der Waals surface area contributed by atoms with E-state index in [1.807, 2.05) is 0 Å². The molecule has 1 heterocycles. The maximum absolute atomic E-state index is 12.1. The quantitative estimate of drug-likeness (QED) is 0.741. The summed E-state index contributed by atoms with van der Waals surface area (Å²) in [4.78, 5) is 12.0. The van der Waals surface area contributed by atoms with E-state index in [4.69, 9.17) is 5.14 Å². The van der Waals surface area contributed by atoms with E-state index in [1.54, 1.807) is 12.1 Å². The van der Waals surface area contributed by atoms with E-state index in [2.05, 4.69) is 10.6 Å². The second-order valence-electron chi connectivity index (χ2n) is 4.57. The number of benzene rings is 1. The second kappa shape index (κ2) is 5.68. The summed E-state index contributed by atoms with van der Waals surface area (Å²) < 4.78 is 22.9. The molecular weight excluding hydrogens is 266 g/mol. The van der Waals surface area contributed by atoms with Crippen LogP contribution in [-0.4, -0.2) is 27.4 Å². The molecular formula is C12H17N3O3S. The Balaban J connectivity index is 2.17. The number of sulfonamides is 1. The summed E-state index contributed by atoms with van der Waals surface area (Å²) in [6, 6.07) is 6.14. The van der Waals surface area contributed by atoms with Crippen molar-refractivity contribution in [3.8, 4) is 0 Å². The van der Waals surface area contributed by atoms with E-state index in [0.29, 0.717) is 6.54 Å². The second-order valence-corrected chi connectivity index (χ2v) is 6.10. The number of carbonyl (C=O) groups is 1. The van der Waals surface area contributed by atoms with Crippen molar-refractivity contribution in [3.05, 3.63) is 24.3 Å². The monoisotopic (exact) mass is 283 g/mol. The van der Waals surface area contributed by atoms with Crippen LogP contribution in [0.25, 0.3) is 0 Å². The van der Waals surface area contributed by atoms with E-state index in [-0.39, 0.29) is 22.4 Å². The standard InChI is InChI=1S/C12H17N3O3S/c13-19(17,18)11-6-2-1-5-10(11)15-12(16)9-4-3-7-14-8-9/h1-2,5-6,9,14H,3-4,7-8H2,(H,15,16)(H2,13,17,18)/t9-/m1/s1. The highest BCUT2D eigenvalue weighted by atomic mass is 32.2. The molecule has 1 atom stereocenters. The third-order valence-corrected chi connectivity index (χ3v) is 4.09. The first-order chi connectivity index (χ1) is 8.98. The van der Waals surface area contributed by atoms with Gasteiger partial charge in [0, 0.05) is 6.54 Å². The maximum atomic E-state index is 12.1. The Labute approximate surface area is 112 Å². The summed E-state index contributed by atoms with van der Waals surface area (Å²) in [6.45, 7) is 1.53. The van der Waals surface area contributed by atoms with Crippen LogP contribution in [0.4, 0.5) is 5.69 Å². The molecule has 0 unspecified atom stereocenters. The molecule has 1 aliphatic rings. The summed E-state index contributed by atoms with van der Waals surface area (Å²) in [6.07, 6.45) is 1.74. The molecule has 1 aromatic rings. The molecule has 0 spiro atoms. The molecule has 0 saturated carbocycles. The number of carbonyl (C=O) groups excluding carboxylic acids is 1. The molecule has 4 N–H and O–H groups in total. The number of rotatable bonds is 3. The van der Waals surface area contributed by atoms with Crippen molar-refractivity contribution in [1.82, 2.24) is 5.32 Å². The molecule has 1 amide bonds. The highest BCUT2D eigenvalue weighted by Gasteiger charge is 2.22. The third-order valence-electron chi connectivity index (χ3n) is 3.12. The van der Waals surface area contributed by atoms with Crippen molar-refractivity contribution in [2.24, 2.45) is 11.1 Å². The van der Waals surface area contributed by atoms with E-state index in [0.717, 1.165) is 19.4 Å². The smallest absolute Gasteiger partial charge is 0.240 e. The number of nitrogens with two attached hydrogens (primary N) is 1. The number of piperidine rings is 1. The van der Waals surface area contributed by atoms with Crippen LogP contribution in [0.2, 0.25) is 0 Å². The minimum Gasteiger partial charge on any atom is -0.325 e. The summed E-state index contributed by atoms with van der Waals surface area (Å²) >= 11 is 0. The number of para-hydroxylation sites is 1. The van der Waals surface area contributed by atoms with Crippen molar-refractivity contribution in [3.63, 3.8) is 0 Å². The molecule has 7 heteroatoms. The number of nitrogens with one attached hydrogen (secondary N) is 2. The number of amides is 1. The van der Waals surface area contributed by atoms with Gasteiger partial charge in [-0.25, -0.2) is 13.6 Å². The number of hydrogen-bond donors (Lipinski definition) is 3. The van der Waals surface area contributed by atoms with Gasteiger partial charge >= 0.3 is 0 Å². The fraction of sp³-hybridized carbons (Fsp3) is 0.417. The van der Waals surface area contributed by atoms with Crippen molar-refractivity contribution in [2.75, 3.05) is 18.4 Å². The summed E-state index contributed by atoms with van der Waals surface area (Å²) in [5.41, 5.74) is 0.237. The molecule has 1 saturated heterocycles. The maximum Gasteiger partial charge on any atom is 0.240 e. The van der Waals surface area contributed by atoms with Gasteiger partial charge in [0.2, 0.25) is 15.9 Å². The van der Waals surface area contributed by atoms with E-state index in [9.17, 15) is 13.2 Å². The van der Waals surface area contributed by atoms with Crippen LogP contribution in [0.1, 0.15) is 12.8 Å². The zero-order valence-corrected chi connectivity index (χ0v) is 11.2. The fourth-order valence-corrected chi connectivity index (χ4v) is 2.82. The predicted octanol–water partition coefficient (Wildman–Crippen LogP) is 0.272. The lowest BCUT2D eigenvalue weighted by Crippen LogP contribution is -2.37. The molecule has 19 heavy (non-hydrogen) atoms. The van der Waals surface area contributed by atoms with Gasteiger partial charge in [-0.05, 0) is 31.5 Å². The molecule has 0 bridgehead atoms.